The molecule has 4 aromatic rings. The first-order valence-corrected chi connectivity index (χ1v) is 12.7. The number of aryl methyl sites for hydroxylation is 2. The van der Waals surface area contributed by atoms with Crippen LogP contribution >= 0.6 is 11.6 Å². The second-order valence-corrected chi connectivity index (χ2v) is 9.65. The lowest BCUT2D eigenvalue weighted by Gasteiger charge is -2.15. The molecule has 38 heavy (non-hydrogen) atoms. The lowest BCUT2D eigenvalue weighted by Crippen LogP contribution is -2.42. The molecule has 0 bridgehead atoms. The van der Waals surface area contributed by atoms with Crippen LogP contribution in [-0.4, -0.2) is 20.9 Å². The minimum atomic E-state index is -0.605. The van der Waals surface area contributed by atoms with Gasteiger partial charge >= 0.3 is 5.69 Å². The largest absolute Gasteiger partial charge is 0.352 e. The molecule has 0 fully saturated rings. The van der Waals surface area contributed by atoms with Gasteiger partial charge in [-0.05, 0) is 55.7 Å². The first kappa shape index (κ1) is 26.9. The number of benzene rings is 3. The highest BCUT2D eigenvalue weighted by molar-refractivity contribution is 6.31. The number of nitrogens with zero attached hydrogens (tertiary/aromatic N) is 2. The van der Waals surface area contributed by atoms with Crippen molar-refractivity contribution in [2.24, 2.45) is 0 Å². The van der Waals surface area contributed by atoms with Gasteiger partial charge in [0.15, 0.2) is 0 Å². The smallest absolute Gasteiger partial charge is 0.331 e. The van der Waals surface area contributed by atoms with Crippen molar-refractivity contribution >= 4 is 40.0 Å². The summed E-state index contributed by atoms with van der Waals surface area (Å²) in [6.45, 7) is 4.00. The van der Waals surface area contributed by atoms with Gasteiger partial charge in [-0.3, -0.25) is 23.5 Å². The van der Waals surface area contributed by atoms with Gasteiger partial charge in [-0.2, -0.15) is 0 Å². The Morgan fingerprint density at radius 1 is 0.895 bits per heavy atom. The van der Waals surface area contributed by atoms with E-state index in [2.05, 4.69) is 10.6 Å². The molecular weight excluding hydrogens is 504 g/mol. The van der Waals surface area contributed by atoms with Crippen molar-refractivity contribution in [1.82, 2.24) is 14.5 Å². The molecule has 0 aliphatic rings. The van der Waals surface area contributed by atoms with Crippen molar-refractivity contribution in [3.8, 4) is 0 Å². The topological polar surface area (TPSA) is 102 Å². The molecule has 3 aromatic carbocycles. The molecule has 0 spiro atoms. The molecule has 0 aliphatic carbocycles. The van der Waals surface area contributed by atoms with E-state index in [1.165, 1.54) is 4.57 Å². The standard InChI is InChI=1S/C29H29ClN4O4/c1-19-9-12-21(13-10-19)17-31-26(35)8-5-15-33-28(37)23-6-3-4-7-25(23)34(29(33)38)18-27(36)32-24-16-22(30)14-11-20(24)2/h3-4,6-7,9-14,16H,5,8,15,17-18H2,1-2H3,(H,31,35)(H,32,36). The number of nitrogens with one attached hydrogen (secondary N) is 2. The SMILES string of the molecule is Cc1ccc(CNC(=O)CCCn2c(=O)c3ccccc3n(CC(=O)Nc3cc(Cl)ccc3C)c2=O)cc1. The van der Waals surface area contributed by atoms with E-state index in [1.807, 2.05) is 38.1 Å². The van der Waals surface area contributed by atoms with Crippen molar-refractivity contribution < 1.29 is 9.59 Å². The van der Waals surface area contributed by atoms with Crippen molar-refractivity contribution in [2.45, 2.75) is 46.3 Å². The second-order valence-electron chi connectivity index (χ2n) is 9.22. The van der Waals surface area contributed by atoms with Crippen molar-refractivity contribution in [1.29, 1.82) is 0 Å². The van der Waals surface area contributed by atoms with E-state index < -0.39 is 17.2 Å². The molecule has 0 radical (unpaired) electrons. The summed E-state index contributed by atoms with van der Waals surface area (Å²) in [7, 11) is 0. The summed E-state index contributed by atoms with van der Waals surface area (Å²) in [6, 6.07) is 19.7. The van der Waals surface area contributed by atoms with Gasteiger partial charge < -0.3 is 10.6 Å². The van der Waals surface area contributed by atoms with Gasteiger partial charge in [0.2, 0.25) is 11.8 Å². The summed E-state index contributed by atoms with van der Waals surface area (Å²) in [5.74, 6) is -0.598. The Balaban J connectivity index is 1.49. The Labute approximate surface area is 224 Å². The first-order valence-electron chi connectivity index (χ1n) is 12.3. The molecule has 9 heteroatoms. The number of hydrogen-bond donors (Lipinski definition) is 2. The van der Waals surface area contributed by atoms with Crippen molar-refractivity contribution in [2.75, 3.05) is 5.32 Å². The van der Waals surface area contributed by atoms with Crippen LogP contribution in [-0.2, 0) is 29.2 Å². The third-order valence-electron chi connectivity index (χ3n) is 6.30. The van der Waals surface area contributed by atoms with Crippen LogP contribution in [0.25, 0.3) is 10.9 Å². The fourth-order valence-corrected chi connectivity index (χ4v) is 4.35. The molecule has 1 aromatic heterocycles. The summed E-state index contributed by atoms with van der Waals surface area (Å²) < 4.78 is 2.37. The Hall–Kier alpha value is -4.17. The van der Waals surface area contributed by atoms with E-state index in [1.54, 1.807) is 42.5 Å². The Morgan fingerprint density at radius 2 is 1.63 bits per heavy atom. The Morgan fingerprint density at radius 3 is 2.39 bits per heavy atom. The van der Waals surface area contributed by atoms with Gasteiger partial charge in [-0.1, -0.05) is 59.6 Å². The summed E-state index contributed by atoms with van der Waals surface area (Å²) in [6.07, 6.45) is 0.445. The van der Waals surface area contributed by atoms with Crippen LogP contribution in [0.3, 0.4) is 0 Å². The third kappa shape index (κ3) is 6.39. The van der Waals surface area contributed by atoms with E-state index >= 15 is 0 Å². The van der Waals surface area contributed by atoms with Gasteiger partial charge in [0, 0.05) is 30.2 Å². The lowest BCUT2D eigenvalue weighted by molar-refractivity contribution is -0.121. The van der Waals surface area contributed by atoms with Crippen LogP contribution < -0.4 is 21.9 Å². The number of fused-ring (bicyclic) bond motifs is 1. The van der Waals surface area contributed by atoms with Crippen LogP contribution in [0.5, 0.6) is 0 Å². The molecule has 0 aliphatic heterocycles. The van der Waals surface area contributed by atoms with Crippen LogP contribution in [0.15, 0.2) is 76.3 Å². The predicted molar refractivity (Wildman–Crippen MR) is 150 cm³/mol. The maximum Gasteiger partial charge on any atom is 0.331 e. The zero-order chi connectivity index (χ0) is 27.2. The number of halogens is 1. The Kier molecular flexibility index (Phi) is 8.43. The third-order valence-corrected chi connectivity index (χ3v) is 6.54. The summed E-state index contributed by atoms with van der Waals surface area (Å²) in [5.41, 5.74) is 2.81. The minimum Gasteiger partial charge on any atom is -0.352 e. The molecule has 0 atom stereocenters. The van der Waals surface area contributed by atoms with Crippen LogP contribution in [0, 0.1) is 13.8 Å². The summed E-state index contributed by atoms with van der Waals surface area (Å²) >= 11 is 6.06. The minimum absolute atomic E-state index is 0.0511. The highest BCUT2D eigenvalue weighted by Crippen LogP contribution is 2.20. The normalized spacial score (nSPS) is 10.9. The number of carbonyl (C=O) groups excluding carboxylic acids is 2. The molecule has 1 heterocycles. The van der Waals surface area contributed by atoms with Crippen LogP contribution in [0.4, 0.5) is 5.69 Å². The summed E-state index contributed by atoms with van der Waals surface area (Å²) in [5, 5.41) is 6.45. The number of anilines is 1. The molecule has 4 rings (SSSR count). The molecule has 8 nitrogen and oxygen atoms in total. The molecular formula is C29H29ClN4O4. The maximum atomic E-state index is 13.4. The molecule has 2 amide bonds. The highest BCUT2D eigenvalue weighted by atomic mass is 35.5. The van der Waals surface area contributed by atoms with E-state index in [9.17, 15) is 19.2 Å². The zero-order valence-corrected chi connectivity index (χ0v) is 22.0. The van der Waals surface area contributed by atoms with E-state index in [0.717, 1.165) is 21.3 Å². The monoisotopic (exact) mass is 532 g/mol. The van der Waals surface area contributed by atoms with Gasteiger partial charge in [0.25, 0.3) is 5.56 Å². The molecule has 0 unspecified atom stereocenters. The van der Waals surface area contributed by atoms with Crippen LogP contribution in [0.1, 0.15) is 29.5 Å². The van der Waals surface area contributed by atoms with Gasteiger partial charge in [0.1, 0.15) is 6.54 Å². The summed E-state index contributed by atoms with van der Waals surface area (Å²) in [4.78, 5) is 51.7. The van der Waals surface area contributed by atoms with Crippen molar-refractivity contribution in [3.63, 3.8) is 0 Å². The van der Waals surface area contributed by atoms with Gasteiger partial charge in [0.05, 0.1) is 10.9 Å². The number of amides is 2. The predicted octanol–water partition coefficient (Wildman–Crippen LogP) is 4.17. The number of aromatic nitrogens is 2. The van der Waals surface area contributed by atoms with Gasteiger partial charge in [-0.15, -0.1) is 0 Å². The van der Waals surface area contributed by atoms with Crippen molar-refractivity contribution in [3.05, 3.63) is 109 Å². The molecule has 0 saturated heterocycles. The number of rotatable bonds is 9. The average Bonchev–Trinajstić information content (AvgIpc) is 2.90. The number of hydrogen-bond acceptors (Lipinski definition) is 4. The number of carbonyl (C=O) groups is 2. The van der Waals surface area contributed by atoms with E-state index in [-0.39, 0.29) is 25.4 Å². The highest BCUT2D eigenvalue weighted by Gasteiger charge is 2.16. The lowest BCUT2D eigenvalue weighted by atomic mass is 10.1. The van der Waals surface area contributed by atoms with Crippen LogP contribution in [0.2, 0.25) is 5.02 Å². The fourth-order valence-electron chi connectivity index (χ4n) is 4.18. The van der Waals surface area contributed by atoms with Gasteiger partial charge in [-0.25, -0.2) is 4.79 Å². The zero-order valence-electron chi connectivity index (χ0n) is 21.3. The molecule has 0 saturated carbocycles. The van der Waals surface area contributed by atoms with E-state index in [4.69, 9.17) is 11.6 Å². The Bertz CT molecular complexity index is 1610. The van der Waals surface area contributed by atoms with E-state index in [0.29, 0.717) is 34.6 Å². The average molecular weight is 533 g/mol. The molecule has 196 valence electrons. The molecule has 2 N–H and O–H groups in total. The maximum absolute atomic E-state index is 13.4. The fraction of sp³-hybridized carbons (Fsp3) is 0.241. The quantitative estimate of drug-likeness (QED) is 0.338. The second kappa shape index (κ2) is 11.9. The number of para-hydroxylation sites is 1. The first-order chi connectivity index (χ1) is 18.2.